The Bertz CT molecular complexity index is 827. The molecule has 1 fully saturated rings. The van der Waals surface area contributed by atoms with E-state index < -0.39 is 11.6 Å². The minimum absolute atomic E-state index is 0. The Labute approximate surface area is 192 Å². The standard InChI is InChI=1S/C20H27F2N5S.HI/c1-4-23-20(24-10-16-12-28-19(25-16)13(2)3)26-15-7-8-27(11-15)18-6-5-14(21)9-17(18)22;/h5-6,9,12-13,15H,4,7-8,10-11H2,1-3H3,(H2,23,24,26);1H. The maximum absolute atomic E-state index is 14.0. The zero-order valence-electron chi connectivity index (χ0n) is 16.9. The third-order valence-corrected chi connectivity index (χ3v) is 5.78. The Kier molecular flexibility index (Phi) is 9.06. The number of thiazole rings is 1. The van der Waals surface area contributed by atoms with Gasteiger partial charge in [0.15, 0.2) is 5.96 Å². The molecule has 2 aromatic rings. The fraction of sp³-hybridized carbons (Fsp3) is 0.500. The summed E-state index contributed by atoms with van der Waals surface area (Å²) in [6, 6.07) is 3.87. The van der Waals surface area contributed by atoms with Crippen molar-refractivity contribution in [2.75, 3.05) is 24.5 Å². The van der Waals surface area contributed by atoms with E-state index in [9.17, 15) is 8.78 Å². The molecule has 5 nitrogen and oxygen atoms in total. The van der Waals surface area contributed by atoms with E-state index in [-0.39, 0.29) is 30.0 Å². The van der Waals surface area contributed by atoms with Gasteiger partial charge in [-0.2, -0.15) is 0 Å². The number of aliphatic imine (C=N–C) groups is 1. The van der Waals surface area contributed by atoms with Crippen molar-refractivity contribution in [2.24, 2.45) is 4.99 Å². The normalized spacial score (nSPS) is 16.8. The van der Waals surface area contributed by atoms with Gasteiger partial charge in [0.05, 0.1) is 22.9 Å². The number of hydrogen-bond donors (Lipinski definition) is 2. The van der Waals surface area contributed by atoms with Crippen molar-refractivity contribution in [3.05, 3.63) is 45.9 Å². The molecule has 2 heterocycles. The molecular weight excluding hydrogens is 507 g/mol. The Balaban J connectivity index is 0.00000300. The Morgan fingerprint density at radius 1 is 1.38 bits per heavy atom. The molecule has 1 aliphatic heterocycles. The lowest BCUT2D eigenvalue weighted by molar-refractivity contribution is 0.580. The van der Waals surface area contributed by atoms with E-state index in [0.29, 0.717) is 31.2 Å². The first-order valence-corrected chi connectivity index (χ1v) is 10.5. The number of hydrogen-bond acceptors (Lipinski definition) is 4. The number of nitrogens with one attached hydrogen (secondary N) is 2. The molecule has 3 rings (SSSR count). The highest BCUT2D eigenvalue weighted by molar-refractivity contribution is 14.0. The van der Waals surface area contributed by atoms with Gasteiger partial charge < -0.3 is 15.5 Å². The monoisotopic (exact) mass is 535 g/mol. The van der Waals surface area contributed by atoms with Gasteiger partial charge in [0.25, 0.3) is 0 Å². The van der Waals surface area contributed by atoms with E-state index in [1.807, 2.05) is 11.8 Å². The molecule has 1 saturated heterocycles. The van der Waals surface area contributed by atoms with Crippen molar-refractivity contribution in [2.45, 2.75) is 45.7 Å². The first kappa shape index (κ1) is 23.8. The molecule has 1 aliphatic rings. The first-order chi connectivity index (χ1) is 13.5. The average molecular weight is 535 g/mol. The van der Waals surface area contributed by atoms with Crippen molar-refractivity contribution in [3.63, 3.8) is 0 Å². The number of aromatic nitrogens is 1. The van der Waals surface area contributed by atoms with Crippen molar-refractivity contribution in [3.8, 4) is 0 Å². The van der Waals surface area contributed by atoms with Crippen LogP contribution in [0.15, 0.2) is 28.6 Å². The van der Waals surface area contributed by atoms with Crippen molar-refractivity contribution in [1.82, 2.24) is 15.6 Å². The molecule has 0 spiro atoms. The van der Waals surface area contributed by atoms with Gasteiger partial charge in [-0.05, 0) is 25.5 Å². The third-order valence-electron chi connectivity index (χ3n) is 4.59. The highest BCUT2D eigenvalue weighted by Gasteiger charge is 2.25. The summed E-state index contributed by atoms with van der Waals surface area (Å²) in [5.41, 5.74) is 1.41. The van der Waals surface area contributed by atoms with Crippen LogP contribution in [0.5, 0.6) is 0 Å². The van der Waals surface area contributed by atoms with Gasteiger partial charge >= 0.3 is 0 Å². The number of rotatable bonds is 6. The Morgan fingerprint density at radius 3 is 2.83 bits per heavy atom. The molecule has 1 atom stereocenters. The molecule has 0 amide bonds. The Morgan fingerprint density at radius 2 is 2.17 bits per heavy atom. The molecule has 1 unspecified atom stereocenters. The maximum Gasteiger partial charge on any atom is 0.191 e. The average Bonchev–Trinajstić information content (AvgIpc) is 3.29. The van der Waals surface area contributed by atoms with Gasteiger partial charge in [-0.1, -0.05) is 13.8 Å². The SMILES string of the molecule is CCNC(=NCc1csc(C(C)C)n1)NC1CCN(c2ccc(F)cc2F)C1.I. The zero-order chi connectivity index (χ0) is 20.1. The van der Waals surface area contributed by atoms with Gasteiger partial charge in [-0.25, -0.2) is 18.8 Å². The van der Waals surface area contributed by atoms with Crippen LogP contribution in [-0.2, 0) is 6.54 Å². The van der Waals surface area contributed by atoms with Crippen LogP contribution in [0.2, 0.25) is 0 Å². The number of nitrogens with zero attached hydrogens (tertiary/aromatic N) is 3. The largest absolute Gasteiger partial charge is 0.367 e. The van der Waals surface area contributed by atoms with Gasteiger partial charge in [0, 0.05) is 43.0 Å². The van der Waals surface area contributed by atoms with Crippen molar-refractivity contribution in [1.29, 1.82) is 0 Å². The second-order valence-electron chi connectivity index (χ2n) is 7.20. The molecule has 1 aromatic heterocycles. The molecule has 0 aliphatic carbocycles. The molecule has 160 valence electrons. The summed E-state index contributed by atoms with van der Waals surface area (Å²) in [6.45, 7) is 8.90. The van der Waals surface area contributed by atoms with Gasteiger partial charge in [0.1, 0.15) is 11.6 Å². The zero-order valence-corrected chi connectivity index (χ0v) is 20.1. The summed E-state index contributed by atoms with van der Waals surface area (Å²) < 4.78 is 27.2. The van der Waals surface area contributed by atoms with Crippen LogP contribution in [0.3, 0.4) is 0 Å². The summed E-state index contributed by atoms with van der Waals surface area (Å²) in [5, 5.41) is 9.85. The summed E-state index contributed by atoms with van der Waals surface area (Å²) in [4.78, 5) is 11.2. The van der Waals surface area contributed by atoms with Gasteiger partial charge in [-0.15, -0.1) is 35.3 Å². The van der Waals surface area contributed by atoms with Crippen LogP contribution >= 0.6 is 35.3 Å². The molecular formula is C20H28F2IN5S. The molecule has 29 heavy (non-hydrogen) atoms. The smallest absolute Gasteiger partial charge is 0.191 e. The van der Waals surface area contributed by atoms with E-state index in [1.165, 1.54) is 12.1 Å². The minimum atomic E-state index is -0.556. The second-order valence-corrected chi connectivity index (χ2v) is 8.09. The summed E-state index contributed by atoms with van der Waals surface area (Å²) in [7, 11) is 0. The number of benzene rings is 1. The lowest BCUT2D eigenvalue weighted by Crippen LogP contribution is -2.44. The predicted molar refractivity (Wildman–Crippen MR) is 127 cm³/mol. The van der Waals surface area contributed by atoms with E-state index in [2.05, 4.69) is 39.8 Å². The highest BCUT2D eigenvalue weighted by atomic mass is 127. The second kappa shape index (κ2) is 11.1. The molecule has 0 bridgehead atoms. The van der Waals surface area contributed by atoms with Gasteiger partial charge in [-0.3, -0.25) is 0 Å². The van der Waals surface area contributed by atoms with Gasteiger partial charge in [0.2, 0.25) is 0 Å². The predicted octanol–water partition coefficient (Wildman–Crippen LogP) is 4.50. The lowest BCUT2D eigenvalue weighted by atomic mass is 10.2. The number of guanidine groups is 1. The fourth-order valence-electron chi connectivity index (χ4n) is 3.17. The molecule has 2 N–H and O–H groups in total. The highest BCUT2D eigenvalue weighted by Crippen LogP contribution is 2.24. The fourth-order valence-corrected chi connectivity index (χ4v) is 3.99. The van der Waals surface area contributed by atoms with Crippen LogP contribution < -0.4 is 15.5 Å². The van der Waals surface area contributed by atoms with E-state index in [0.717, 1.165) is 35.7 Å². The third kappa shape index (κ3) is 6.50. The van der Waals surface area contributed by atoms with E-state index >= 15 is 0 Å². The van der Waals surface area contributed by atoms with E-state index in [4.69, 9.17) is 0 Å². The molecule has 0 saturated carbocycles. The summed E-state index contributed by atoms with van der Waals surface area (Å²) in [6.07, 6.45) is 0.857. The van der Waals surface area contributed by atoms with Crippen molar-refractivity contribution >= 4 is 47.0 Å². The van der Waals surface area contributed by atoms with Crippen LogP contribution in [0.25, 0.3) is 0 Å². The quantitative estimate of drug-likeness (QED) is 0.325. The van der Waals surface area contributed by atoms with Crippen LogP contribution in [-0.4, -0.2) is 36.6 Å². The topological polar surface area (TPSA) is 52.6 Å². The number of anilines is 1. The van der Waals surface area contributed by atoms with Crippen LogP contribution in [0.4, 0.5) is 14.5 Å². The van der Waals surface area contributed by atoms with Crippen LogP contribution in [0.1, 0.15) is 43.8 Å². The summed E-state index contributed by atoms with van der Waals surface area (Å²) in [5.74, 6) is 0.0727. The van der Waals surface area contributed by atoms with Crippen molar-refractivity contribution < 1.29 is 8.78 Å². The number of halogens is 3. The van der Waals surface area contributed by atoms with E-state index in [1.54, 1.807) is 11.3 Å². The first-order valence-electron chi connectivity index (χ1n) is 9.65. The Hall–Kier alpha value is -1.49. The summed E-state index contributed by atoms with van der Waals surface area (Å²) >= 11 is 1.67. The lowest BCUT2D eigenvalue weighted by Gasteiger charge is -2.21. The molecule has 0 radical (unpaired) electrons. The molecule has 9 heteroatoms. The van der Waals surface area contributed by atoms with Crippen LogP contribution in [0, 0.1) is 11.6 Å². The minimum Gasteiger partial charge on any atom is -0.367 e. The molecule has 1 aromatic carbocycles. The maximum atomic E-state index is 14.0.